The lowest BCUT2D eigenvalue weighted by atomic mass is 10.0. The molecule has 24 heavy (non-hydrogen) atoms. The minimum Gasteiger partial charge on any atom is -0.338 e. The number of nitrogens with one attached hydrogen (secondary N) is 2. The van der Waals surface area contributed by atoms with Crippen molar-refractivity contribution in [3.05, 3.63) is 35.4 Å². The SMILES string of the molecule is CC1CCCN(CCCCNC(=O)NC2CCc3ccccc32)C1. The molecule has 1 fully saturated rings. The van der Waals surface area contributed by atoms with Crippen LogP contribution >= 0.6 is 0 Å². The molecule has 1 aromatic rings. The third-order valence-electron chi connectivity index (χ3n) is 5.37. The number of piperidine rings is 1. The highest BCUT2D eigenvalue weighted by Crippen LogP contribution is 2.30. The van der Waals surface area contributed by atoms with Crippen molar-refractivity contribution in [3.63, 3.8) is 0 Å². The van der Waals surface area contributed by atoms with Gasteiger partial charge in [-0.2, -0.15) is 0 Å². The van der Waals surface area contributed by atoms with E-state index in [1.54, 1.807) is 0 Å². The Hall–Kier alpha value is -1.55. The van der Waals surface area contributed by atoms with Crippen molar-refractivity contribution in [1.82, 2.24) is 15.5 Å². The third-order valence-corrected chi connectivity index (χ3v) is 5.37. The summed E-state index contributed by atoms with van der Waals surface area (Å²) in [5.74, 6) is 0.844. The fraction of sp³-hybridized carbons (Fsp3) is 0.650. The summed E-state index contributed by atoms with van der Waals surface area (Å²) in [5.41, 5.74) is 2.66. The molecule has 0 bridgehead atoms. The van der Waals surface area contributed by atoms with E-state index in [0.29, 0.717) is 0 Å². The molecule has 2 aliphatic rings. The summed E-state index contributed by atoms with van der Waals surface area (Å²) in [6.45, 7) is 6.78. The molecule has 2 unspecified atom stereocenters. The lowest BCUT2D eigenvalue weighted by Gasteiger charge is -2.30. The van der Waals surface area contributed by atoms with E-state index < -0.39 is 0 Å². The fourth-order valence-corrected chi connectivity index (χ4v) is 4.07. The number of fused-ring (bicyclic) bond motifs is 1. The van der Waals surface area contributed by atoms with Gasteiger partial charge in [0.25, 0.3) is 0 Å². The summed E-state index contributed by atoms with van der Waals surface area (Å²) >= 11 is 0. The van der Waals surface area contributed by atoms with Crippen LogP contribution in [-0.2, 0) is 6.42 Å². The average molecular weight is 329 g/mol. The van der Waals surface area contributed by atoms with Crippen LogP contribution in [0.5, 0.6) is 0 Å². The number of hydrogen-bond acceptors (Lipinski definition) is 2. The third kappa shape index (κ3) is 4.73. The summed E-state index contributed by atoms with van der Waals surface area (Å²) in [7, 11) is 0. The lowest BCUT2D eigenvalue weighted by molar-refractivity contribution is 0.181. The van der Waals surface area contributed by atoms with Gasteiger partial charge in [-0.05, 0) is 68.7 Å². The number of unbranched alkanes of at least 4 members (excludes halogenated alkanes) is 1. The van der Waals surface area contributed by atoms with Crippen LogP contribution in [0.4, 0.5) is 4.79 Å². The Balaban J connectivity index is 1.29. The molecule has 0 aromatic heterocycles. The molecule has 4 heteroatoms. The van der Waals surface area contributed by atoms with Gasteiger partial charge in [-0.25, -0.2) is 4.79 Å². The first kappa shape index (κ1) is 17.3. The van der Waals surface area contributed by atoms with Crippen molar-refractivity contribution in [2.45, 2.75) is 51.5 Å². The fourth-order valence-electron chi connectivity index (χ4n) is 4.07. The number of benzene rings is 1. The topological polar surface area (TPSA) is 44.4 Å². The molecule has 0 spiro atoms. The van der Waals surface area contributed by atoms with Gasteiger partial charge in [0.2, 0.25) is 0 Å². The van der Waals surface area contributed by atoms with Gasteiger partial charge in [-0.3, -0.25) is 0 Å². The Labute approximate surface area is 146 Å². The number of carbonyl (C=O) groups excluding carboxylic acids is 1. The van der Waals surface area contributed by atoms with Crippen LogP contribution in [0.15, 0.2) is 24.3 Å². The van der Waals surface area contributed by atoms with Gasteiger partial charge < -0.3 is 15.5 Å². The molecule has 1 aromatic carbocycles. The zero-order valence-corrected chi connectivity index (χ0v) is 14.9. The quantitative estimate of drug-likeness (QED) is 0.785. The first-order valence-corrected chi connectivity index (χ1v) is 9.57. The Kier molecular flexibility index (Phi) is 6.13. The maximum Gasteiger partial charge on any atom is 0.315 e. The molecule has 4 nitrogen and oxygen atoms in total. The van der Waals surface area contributed by atoms with Crippen molar-refractivity contribution < 1.29 is 4.79 Å². The van der Waals surface area contributed by atoms with E-state index in [-0.39, 0.29) is 12.1 Å². The maximum absolute atomic E-state index is 12.1. The predicted octanol–water partition coefficient (Wildman–Crippen LogP) is 3.49. The second-order valence-electron chi connectivity index (χ2n) is 7.45. The Morgan fingerprint density at radius 3 is 3.00 bits per heavy atom. The summed E-state index contributed by atoms with van der Waals surface area (Å²) in [6, 6.07) is 8.57. The van der Waals surface area contributed by atoms with Crippen LogP contribution in [0.3, 0.4) is 0 Å². The van der Waals surface area contributed by atoms with Crippen LogP contribution in [0.2, 0.25) is 0 Å². The molecule has 3 rings (SSSR count). The van der Waals surface area contributed by atoms with E-state index in [2.05, 4.69) is 46.7 Å². The van der Waals surface area contributed by atoms with Crippen molar-refractivity contribution >= 4 is 6.03 Å². The maximum atomic E-state index is 12.1. The van der Waals surface area contributed by atoms with Crippen molar-refractivity contribution in [1.29, 1.82) is 0 Å². The van der Waals surface area contributed by atoms with Gasteiger partial charge >= 0.3 is 6.03 Å². The van der Waals surface area contributed by atoms with Gasteiger partial charge in [-0.15, -0.1) is 0 Å². The lowest BCUT2D eigenvalue weighted by Crippen LogP contribution is -2.38. The molecule has 2 N–H and O–H groups in total. The molecule has 1 aliphatic carbocycles. The first-order chi connectivity index (χ1) is 11.7. The summed E-state index contributed by atoms with van der Waals surface area (Å²) in [6.07, 6.45) is 7.02. The predicted molar refractivity (Wildman–Crippen MR) is 98.1 cm³/mol. The highest BCUT2D eigenvalue weighted by molar-refractivity contribution is 5.74. The second kappa shape index (κ2) is 8.52. The zero-order chi connectivity index (χ0) is 16.8. The summed E-state index contributed by atoms with van der Waals surface area (Å²) < 4.78 is 0. The van der Waals surface area contributed by atoms with Crippen molar-refractivity contribution in [3.8, 4) is 0 Å². The Morgan fingerprint density at radius 2 is 2.12 bits per heavy atom. The minimum absolute atomic E-state index is 0.0247. The first-order valence-electron chi connectivity index (χ1n) is 9.57. The summed E-state index contributed by atoms with van der Waals surface area (Å²) in [5, 5.41) is 6.14. The van der Waals surface area contributed by atoms with E-state index in [4.69, 9.17) is 0 Å². The van der Waals surface area contributed by atoms with Gasteiger partial charge in [0.1, 0.15) is 0 Å². The molecule has 2 atom stereocenters. The van der Waals surface area contributed by atoms with E-state index in [1.165, 1.54) is 50.0 Å². The molecule has 0 saturated carbocycles. The molecule has 1 heterocycles. The highest BCUT2D eigenvalue weighted by atomic mass is 16.2. The van der Waals surface area contributed by atoms with E-state index in [0.717, 1.165) is 31.7 Å². The smallest absolute Gasteiger partial charge is 0.315 e. The van der Waals surface area contributed by atoms with Crippen LogP contribution < -0.4 is 10.6 Å². The molecule has 1 saturated heterocycles. The number of carbonyl (C=O) groups is 1. The van der Waals surface area contributed by atoms with Crippen LogP contribution in [0.25, 0.3) is 0 Å². The van der Waals surface area contributed by atoms with E-state index in [9.17, 15) is 4.79 Å². The number of likely N-dealkylation sites (tertiary alicyclic amines) is 1. The molecular weight excluding hydrogens is 298 g/mol. The summed E-state index contributed by atoms with van der Waals surface area (Å²) in [4.78, 5) is 14.7. The largest absolute Gasteiger partial charge is 0.338 e. The second-order valence-corrected chi connectivity index (χ2v) is 7.45. The Morgan fingerprint density at radius 1 is 1.25 bits per heavy atom. The van der Waals surface area contributed by atoms with Crippen LogP contribution in [0.1, 0.15) is 56.2 Å². The standard InChI is InChI=1S/C20H31N3O/c1-16-7-6-14-23(15-16)13-5-4-12-21-20(24)22-19-11-10-17-8-2-3-9-18(17)19/h2-3,8-9,16,19H,4-7,10-15H2,1H3,(H2,21,22,24). The molecular formula is C20H31N3O. The van der Waals surface area contributed by atoms with E-state index in [1.807, 2.05) is 0 Å². The Bertz CT molecular complexity index is 545. The number of nitrogens with zero attached hydrogens (tertiary/aromatic N) is 1. The van der Waals surface area contributed by atoms with E-state index >= 15 is 0 Å². The number of aryl methyl sites for hydroxylation is 1. The van der Waals surface area contributed by atoms with Crippen molar-refractivity contribution in [2.75, 3.05) is 26.2 Å². The molecule has 2 amide bonds. The highest BCUT2D eigenvalue weighted by Gasteiger charge is 2.23. The zero-order valence-electron chi connectivity index (χ0n) is 14.9. The van der Waals surface area contributed by atoms with Crippen molar-refractivity contribution in [2.24, 2.45) is 5.92 Å². The molecule has 1 aliphatic heterocycles. The van der Waals surface area contributed by atoms with Gasteiger partial charge in [-0.1, -0.05) is 31.2 Å². The normalized spacial score (nSPS) is 23.7. The number of urea groups is 1. The van der Waals surface area contributed by atoms with Gasteiger partial charge in [0.15, 0.2) is 0 Å². The minimum atomic E-state index is -0.0247. The molecule has 0 radical (unpaired) electrons. The number of amides is 2. The van der Waals surface area contributed by atoms with Gasteiger partial charge in [0.05, 0.1) is 6.04 Å². The van der Waals surface area contributed by atoms with Crippen LogP contribution in [0, 0.1) is 5.92 Å². The monoisotopic (exact) mass is 329 g/mol. The van der Waals surface area contributed by atoms with Crippen LogP contribution in [-0.4, -0.2) is 37.1 Å². The number of hydrogen-bond donors (Lipinski definition) is 2. The average Bonchev–Trinajstić information content (AvgIpc) is 2.98. The number of rotatable bonds is 6. The molecule has 132 valence electrons. The van der Waals surface area contributed by atoms with Gasteiger partial charge in [0, 0.05) is 13.1 Å².